The van der Waals surface area contributed by atoms with Gasteiger partial charge in [-0.1, -0.05) is 49.1 Å². The molecule has 0 aliphatic carbocycles. The second-order valence-electron chi connectivity index (χ2n) is 6.66. The van der Waals surface area contributed by atoms with E-state index in [-0.39, 0.29) is 11.9 Å². The second kappa shape index (κ2) is 11.1. The van der Waals surface area contributed by atoms with Crippen molar-refractivity contribution in [2.45, 2.75) is 50.9 Å². The van der Waals surface area contributed by atoms with Gasteiger partial charge in [0.1, 0.15) is 5.75 Å². The van der Waals surface area contributed by atoms with E-state index in [1.54, 1.807) is 0 Å². The second-order valence-corrected chi connectivity index (χ2v) is 8.86. The highest BCUT2D eigenvalue weighted by molar-refractivity contribution is 8.01. The SMILES string of the molecule is CCOc1ccccc1Nc1nnc(SCC(=O)NC(C)CCC(C)C)s1. The summed E-state index contributed by atoms with van der Waals surface area (Å²) in [5.41, 5.74) is 0.851. The molecule has 1 unspecified atom stereocenters. The first-order chi connectivity index (χ1) is 13.0. The first kappa shape index (κ1) is 21.5. The normalized spacial score (nSPS) is 12.0. The average Bonchev–Trinajstić information content (AvgIpc) is 3.07. The van der Waals surface area contributed by atoms with E-state index in [1.807, 2.05) is 38.1 Å². The number of nitrogens with one attached hydrogen (secondary N) is 2. The molecule has 1 aromatic heterocycles. The van der Waals surface area contributed by atoms with Gasteiger partial charge in [-0.05, 0) is 44.7 Å². The van der Waals surface area contributed by atoms with Gasteiger partial charge >= 0.3 is 0 Å². The molecule has 1 aromatic carbocycles. The maximum absolute atomic E-state index is 12.1. The molecule has 1 heterocycles. The minimum atomic E-state index is 0.0302. The number of rotatable bonds is 11. The summed E-state index contributed by atoms with van der Waals surface area (Å²) in [5.74, 6) is 1.80. The molecule has 0 bridgehead atoms. The summed E-state index contributed by atoms with van der Waals surface area (Å²) < 4.78 is 6.36. The van der Waals surface area contributed by atoms with Gasteiger partial charge in [-0.15, -0.1) is 10.2 Å². The number of carbonyl (C=O) groups excluding carboxylic acids is 1. The first-order valence-corrected chi connectivity index (χ1v) is 11.0. The molecule has 0 saturated heterocycles. The molecule has 0 saturated carbocycles. The third-order valence-electron chi connectivity index (χ3n) is 3.75. The topological polar surface area (TPSA) is 76.1 Å². The predicted octanol–water partition coefficient (Wildman–Crippen LogP) is 4.71. The lowest BCUT2D eigenvalue weighted by atomic mass is 10.0. The van der Waals surface area contributed by atoms with Gasteiger partial charge < -0.3 is 15.4 Å². The Morgan fingerprint density at radius 3 is 2.74 bits per heavy atom. The van der Waals surface area contributed by atoms with E-state index in [4.69, 9.17) is 4.74 Å². The van der Waals surface area contributed by atoms with E-state index in [2.05, 4.69) is 34.7 Å². The highest BCUT2D eigenvalue weighted by Crippen LogP contribution is 2.31. The van der Waals surface area contributed by atoms with Crippen molar-refractivity contribution >= 4 is 39.8 Å². The third kappa shape index (κ3) is 7.76. The minimum Gasteiger partial charge on any atom is -0.492 e. The van der Waals surface area contributed by atoms with E-state index in [1.165, 1.54) is 23.1 Å². The van der Waals surface area contributed by atoms with Gasteiger partial charge in [-0.25, -0.2) is 0 Å². The number of anilines is 2. The fourth-order valence-electron chi connectivity index (χ4n) is 2.38. The van der Waals surface area contributed by atoms with Gasteiger partial charge in [0.15, 0.2) is 4.34 Å². The largest absolute Gasteiger partial charge is 0.492 e. The van der Waals surface area contributed by atoms with Crippen molar-refractivity contribution in [1.82, 2.24) is 15.5 Å². The van der Waals surface area contributed by atoms with Gasteiger partial charge in [-0.2, -0.15) is 0 Å². The number of hydrogen-bond acceptors (Lipinski definition) is 7. The molecule has 0 aliphatic rings. The van der Waals surface area contributed by atoms with Crippen LogP contribution < -0.4 is 15.4 Å². The lowest BCUT2D eigenvalue weighted by Crippen LogP contribution is -2.33. The zero-order chi connectivity index (χ0) is 19.6. The van der Waals surface area contributed by atoms with Crippen molar-refractivity contribution in [3.8, 4) is 5.75 Å². The van der Waals surface area contributed by atoms with Crippen LogP contribution in [0.5, 0.6) is 5.75 Å². The standard InChI is InChI=1S/C19H28N4O2S2/c1-5-25-16-9-7-6-8-15(16)21-18-22-23-19(27-18)26-12-17(24)20-14(4)11-10-13(2)3/h6-9,13-14H,5,10-12H2,1-4H3,(H,20,24)(H,21,22). The lowest BCUT2D eigenvalue weighted by molar-refractivity contribution is -0.119. The smallest absolute Gasteiger partial charge is 0.230 e. The van der Waals surface area contributed by atoms with Crippen LogP contribution in [0.4, 0.5) is 10.8 Å². The number of hydrogen-bond donors (Lipinski definition) is 2. The molecule has 148 valence electrons. The summed E-state index contributed by atoms with van der Waals surface area (Å²) in [4.78, 5) is 12.1. The van der Waals surface area contributed by atoms with Crippen LogP contribution in [0, 0.1) is 5.92 Å². The zero-order valence-electron chi connectivity index (χ0n) is 16.3. The number of amides is 1. The Labute approximate surface area is 169 Å². The number of carbonyl (C=O) groups is 1. The Morgan fingerprint density at radius 1 is 1.22 bits per heavy atom. The van der Waals surface area contributed by atoms with Crippen LogP contribution in [0.25, 0.3) is 0 Å². The Hall–Kier alpha value is -1.80. The van der Waals surface area contributed by atoms with Crippen LogP contribution in [-0.4, -0.2) is 34.5 Å². The Kier molecular flexibility index (Phi) is 8.87. The average molecular weight is 409 g/mol. The van der Waals surface area contributed by atoms with Crippen molar-refractivity contribution in [2.75, 3.05) is 17.7 Å². The van der Waals surface area contributed by atoms with Gasteiger partial charge in [0, 0.05) is 6.04 Å². The molecule has 1 amide bonds. The molecule has 2 aromatic rings. The van der Waals surface area contributed by atoms with Crippen molar-refractivity contribution in [2.24, 2.45) is 5.92 Å². The highest BCUT2D eigenvalue weighted by Gasteiger charge is 2.12. The molecule has 0 spiro atoms. The summed E-state index contributed by atoms with van der Waals surface area (Å²) in [6.07, 6.45) is 2.11. The molecular weight excluding hydrogens is 380 g/mol. The van der Waals surface area contributed by atoms with Gasteiger partial charge in [-0.3, -0.25) is 4.79 Å². The third-order valence-corrected chi connectivity index (χ3v) is 5.72. The van der Waals surface area contributed by atoms with Crippen LogP contribution in [0.3, 0.4) is 0 Å². The molecule has 0 fully saturated rings. The van der Waals surface area contributed by atoms with E-state index < -0.39 is 0 Å². The molecule has 0 radical (unpaired) electrons. The van der Waals surface area contributed by atoms with Crippen LogP contribution in [0.1, 0.15) is 40.5 Å². The number of ether oxygens (including phenoxy) is 1. The van der Waals surface area contributed by atoms with E-state index in [9.17, 15) is 4.79 Å². The summed E-state index contributed by atoms with van der Waals surface area (Å²) in [6.45, 7) is 8.98. The van der Waals surface area contributed by atoms with Crippen LogP contribution in [0.15, 0.2) is 28.6 Å². The molecule has 2 rings (SSSR count). The highest BCUT2D eigenvalue weighted by atomic mass is 32.2. The zero-order valence-corrected chi connectivity index (χ0v) is 18.0. The first-order valence-electron chi connectivity index (χ1n) is 9.22. The summed E-state index contributed by atoms with van der Waals surface area (Å²) in [7, 11) is 0. The number of benzene rings is 1. The number of aromatic nitrogens is 2. The van der Waals surface area contributed by atoms with Gasteiger partial charge in [0.05, 0.1) is 18.0 Å². The summed E-state index contributed by atoms with van der Waals surface area (Å²) in [5, 5.41) is 15.2. The molecule has 8 heteroatoms. The fourth-order valence-corrected chi connectivity index (χ4v) is 3.96. The molecular formula is C19H28N4O2S2. The van der Waals surface area contributed by atoms with Crippen molar-refractivity contribution in [3.63, 3.8) is 0 Å². The maximum atomic E-state index is 12.1. The Morgan fingerprint density at radius 2 is 2.00 bits per heavy atom. The number of para-hydroxylation sites is 2. The van der Waals surface area contributed by atoms with E-state index in [0.29, 0.717) is 23.4 Å². The monoisotopic (exact) mass is 408 g/mol. The molecule has 27 heavy (non-hydrogen) atoms. The van der Waals surface area contributed by atoms with E-state index in [0.717, 1.165) is 28.6 Å². The van der Waals surface area contributed by atoms with Crippen molar-refractivity contribution in [3.05, 3.63) is 24.3 Å². The Bertz CT molecular complexity index is 721. The fraction of sp³-hybridized carbons (Fsp3) is 0.526. The van der Waals surface area contributed by atoms with Crippen molar-refractivity contribution < 1.29 is 9.53 Å². The Balaban J connectivity index is 1.81. The molecule has 2 N–H and O–H groups in total. The molecule has 0 aliphatic heterocycles. The van der Waals surface area contributed by atoms with Gasteiger partial charge in [0.2, 0.25) is 11.0 Å². The van der Waals surface area contributed by atoms with Crippen LogP contribution >= 0.6 is 23.1 Å². The van der Waals surface area contributed by atoms with Gasteiger partial charge in [0.25, 0.3) is 0 Å². The van der Waals surface area contributed by atoms with Crippen LogP contribution in [-0.2, 0) is 4.79 Å². The lowest BCUT2D eigenvalue weighted by Gasteiger charge is -2.14. The number of thioether (sulfide) groups is 1. The molecule has 1 atom stereocenters. The quantitative estimate of drug-likeness (QED) is 0.524. The molecule has 6 nitrogen and oxygen atoms in total. The minimum absolute atomic E-state index is 0.0302. The van der Waals surface area contributed by atoms with E-state index >= 15 is 0 Å². The summed E-state index contributed by atoms with van der Waals surface area (Å²) >= 11 is 2.83. The van der Waals surface area contributed by atoms with Crippen molar-refractivity contribution in [1.29, 1.82) is 0 Å². The van der Waals surface area contributed by atoms with Crippen LogP contribution in [0.2, 0.25) is 0 Å². The predicted molar refractivity (Wildman–Crippen MR) is 113 cm³/mol. The number of nitrogens with zero attached hydrogens (tertiary/aromatic N) is 2. The maximum Gasteiger partial charge on any atom is 0.230 e. The summed E-state index contributed by atoms with van der Waals surface area (Å²) in [6, 6.07) is 7.91.